The van der Waals surface area contributed by atoms with E-state index in [0.717, 1.165) is 29.8 Å². The summed E-state index contributed by atoms with van der Waals surface area (Å²) in [5, 5.41) is 6.17. The molecule has 0 radical (unpaired) electrons. The smallest absolute Gasteiger partial charge is 0.293 e. The Morgan fingerprint density at radius 1 is 0.978 bits per heavy atom. The van der Waals surface area contributed by atoms with Crippen molar-refractivity contribution in [2.45, 2.75) is 40.2 Å². The molecule has 1 fully saturated rings. The highest BCUT2D eigenvalue weighted by Crippen LogP contribution is 2.29. The third kappa shape index (κ3) is 7.13. The highest BCUT2D eigenvalue weighted by Gasteiger charge is 2.19. The Morgan fingerprint density at radius 3 is 2.30 bits per heavy atom. The van der Waals surface area contributed by atoms with Gasteiger partial charge in [-0.05, 0) is 87.4 Å². The average Bonchev–Trinajstić information content (AvgIpc) is 3.08. The second-order valence-electron chi connectivity index (χ2n) is 11.5. The fourth-order valence-electron chi connectivity index (χ4n) is 5.62. The lowest BCUT2D eigenvalue weighted by molar-refractivity contribution is 0.0303. The zero-order valence-electron chi connectivity index (χ0n) is 27.2. The Kier molecular flexibility index (Phi) is 10.2. The summed E-state index contributed by atoms with van der Waals surface area (Å²) in [6.45, 7) is 11.5. The summed E-state index contributed by atoms with van der Waals surface area (Å²) < 4.78 is 6.82. The van der Waals surface area contributed by atoms with Gasteiger partial charge in [0.15, 0.2) is 5.82 Å². The molecule has 3 aromatic carbocycles. The van der Waals surface area contributed by atoms with Gasteiger partial charge in [-0.1, -0.05) is 19.1 Å². The van der Waals surface area contributed by atoms with Crippen LogP contribution in [0.3, 0.4) is 0 Å². The van der Waals surface area contributed by atoms with Crippen LogP contribution >= 0.6 is 0 Å². The largest absolute Gasteiger partial charge is 0.378 e. The Hall–Kier alpha value is -4.96. The molecule has 10 heteroatoms. The molecule has 4 aromatic rings. The van der Waals surface area contributed by atoms with Crippen LogP contribution in [0.5, 0.6) is 0 Å². The van der Waals surface area contributed by atoms with Crippen LogP contribution in [-0.2, 0) is 11.8 Å². The lowest BCUT2D eigenvalue weighted by Gasteiger charge is -2.29. The van der Waals surface area contributed by atoms with Gasteiger partial charge in [0.25, 0.3) is 17.4 Å². The van der Waals surface area contributed by atoms with Crippen molar-refractivity contribution in [1.29, 1.82) is 0 Å². The predicted octanol–water partition coefficient (Wildman–Crippen LogP) is 5.85. The zero-order chi connectivity index (χ0) is 32.8. The van der Waals surface area contributed by atoms with Gasteiger partial charge in [-0.3, -0.25) is 14.4 Å². The number of morpholine rings is 1. The number of hydrogen-bond donors (Lipinski definition) is 2. The van der Waals surface area contributed by atoms with Crippen molar-refractivity contribution in [2.24, 2.45) is 7.05 Å². The summed E-state index contributed by atoms with van der Waals surface area (Å²) in [7, 11) is 1.67. The first-order valence-electron chi connectivity index (χ1n) is 15.8. The van der Waals surface area contributed by atoms with E-state index < -0.39 is 0 Å². The van der Waals surface area contributed by atoms with E-state index in [9.17, 15) is 14.4 Å². The van der Waals surface area contributed by atoms with Crippen LogP contribution in [0.15, 0.2) is 77.7 Å². The van der Waals surface area contributed by atoms with Crippen LogP contribution in [0.2, 0.25) is 0 Å². The molecule has 2 N–H and O–H groups in total. The van der Waals surface area contributed by atoms with E-state index in [2.05, 4.69) is 41.3 Å². The molecule has 1 aliphatic heterocycles. The van der Waals surface area contributed by atoms with E-state index in [4.69, 9.17) is 4.74 Å². The molecular weight excluding hydrogens is 580 g/mol. The number of amides is 2. The number of anilines is 4. The number of aromatic nitrogens is 2. The molecule has 0 bridgehead atoms. The maximum absolute atomic E-state index is 13.2. The van der Waals surface area contributed by atoms with Crippen molar-refractivity contribution in [3.63, 3.8) is 0 Å². The van der Waals surface area contributed by atoms with Crippen molar-refractivity contribution in [1.82, 2.24) is 14.5 Å². The highest BCUT2D eigenvalue weighted by molar-refractivity contribution is 6.05. The molecule has 0 saturated carbocycles. The normalized spacial score (nSPS) is 13.6. The molecule has 1 saturated heterocycles. The Morgan fingerprint density at radius 2 is 1.65 bits per heavy atom. The van der Waals surface area contributed by atoms with E-state index in [-0.39, 0.29) is 23.2 Å². The van der Waals surface area contributed by atoms with Gasteiger partial charge in [-0.2, -0.15) is 0 Å². The van der Waals surface area contributed by atoms with E-state index in [1.165, 1.54) is 4.57 Å². The second kappa shape index (κ2) is 14.4. The fourth-order valence-corrected chi connectivity index (χ4v) is 5.62. The van der Waals surface area contributed by atoms with E-state index in [1.54, 1.807) is 42.4 Å². The van der Waals surface area contributed by atoms with Crippen molar-refractivity contribution in [3.8, 4) is 11.3 Å². The van der Waals surface area contributed by atoms with Gasteiger partial charge in [0.05, 0.1) is 18.9 Å². The van der Waals surface area contributed by atoms with Crippen LogP contribution in [-0.4, -0.2) is 65.2 Å². The quantitative estimate of drug-likeness (QED) is 0.229. The second-order valence-corrected chi connectivity index (χ2v) is 11.5. The average molecular weight is 623 g/mol. The number of nitrogens with one attached hydrogen (secondary N) is 2. The molecule has 1 aliphatic rings. The van der Waals surface area contributed by atoms with Crippen LogP contribution in [0.25, 0.3) is 11.3 Å². The first-order chi connectivity index (χ1) is 22.2. The van der Waals surface area contributed by atoms with Crippen LogP contribution < -0.4 is 21.1 Å². The van der Waals surface area contributed by atoms with Crippen molar-refractivity contribution >= 4 is 34.7 Å². The number of ether oxygens (including phenoxy) is 1. The molecule has 2 amide bonds. The Bertz CT molecular complexity index is 1740. The molecule has 1 atom stereocenters. The van der Waals surface area contributed by atoms with Gasteiger partial charge in [0.1, 0.15) is 0 Å². The number of benzene rings is 3. The first-order valence-corrected chi connectivity index (χ1v) is 15.8. The summed E-state index contributed by atoms with van der Waals surface area (Å²) in [6.07, 6.45) is 2.72. The van der Waals surface area contributed by atoms with Gasteiger partial charge in [-0.15, -0.1) is 0 Å². The molecular formula is C36H42N6O4. The number of hydrogen-bond acceptors (Lipinski definition) is 7. The third-order valence-electron chi connectivity index (χ3n) is 8.55. The molecule has 1 aromatic heterocycles. The molecule has 240 valence electrons. The molecule has 46 heavy (non-hydrogen) atoms. The summed E-state index contributed by atoms with van der Waals surface area (Å²) in [5.74, 6) is -0.0977. The van der Waals surface area contributed by atoms with Crippen LogP contribution in [0.1, 0.15) is 53.5 Å². The summed E-state index contributed by atoms with van der Waals surface area (Å²) in [5.41, 5.74) is 5.41. The highest BCUT2D eigenvalue weighted by atomic mass is 16.5. The summed E-state index contributed by atoms with van der Waals surface area (Å²) >= 11 is 0. The lowest BCUT2D eigenvalue weighted by Crippen LogP contribution is -2.40. The summed E-state index contributed by atoms with van der Waals surface area (Å²) in [4.78, 5) is 47.9. The topological polar surface area (TPSA) is 109 Å². The zero-order valence-corrected chi connectivity index (χ0v) is 27.2. The van der Waals surface area contributed by atoms with Crippen molar-refractivity contribution in [3.05, 3.63) is 100.0 Å². The number of carbonyl (C=O) groups is 2. The Balaban J connectivity index is 1.33. The third-order valence-corrected chi connectivity index (χ3v) is 8.55. The molecule has 2 heterocycles. The number of rotatable bonds is 10. The van der Waals surface area contributed by atoms with Gasteiger partial charge in [0.2, 0.25) is 0 Å². The monoisotopic (exact) mass is 622 g/mol. The molecule has 10 nitrogen and oxygen atoms in total. The molecule has 0 spiro atoms. The SMILES string of the molecule is CCC(C)N(CC)c1ccc(C(=O)Nc2cccc(-c3cn(C)c(=O)c(Nc4ccc(C(=O)N5CCOCC5)cc4)n3)c2C)cc1. The van der Waals surface area contributed by atoms with Gasteiger partial charge in [0, 0.05) is 72.7 Å². The molecule has 5 rings (SSSR count). The number of carbonyl (C=O) groups excluding carboxylic acids is 2. The van der Waals surface area contributed by atoms with E-state index >= 15 is 0 Å². The van der Waals surface area contributed by atoms with Crippen LogP contribution in [0, 0.1) is 6.92 Å². The number of aryl methyl sites for hydroxylation is 1. The maximum atomic E-state index is 13.2. The first kappa shape index (κ1) is 32.4. The van der Waals surface area contributed by atoms with Crippen molar-refractivity contribution in [2.75, 3.05) is 48.4 Å². The molecule has 0 aliphatic carbocycles. The van der Waals surface area contributed by atoms with Gasteiger partial charge in [-0.25, -0.2) is 4.98 Å². The molecule has 1 unspecified atom stereocenters. The van der Waals surface area contributed by atoms with Crippen molar-refractivity contribution < 1.29 is 14.3 Å². The van der Waals surface area contributed by atoms with Crippen LogP contribution in [0.4, 0.5) is 22.9 Å². The number of nitrogens with zero attached hydrogens (tertiary/aromatic N) is 4. The summed E-state index contributed by atoms with van der Waals surface area (Å²) in [6, 6.07) is 20.7. The standard InChI is InChI=1S/C36H42N6O4/c1-6-24(3)42(7-2)29-17-13-26(14-18-29)34(43)39-31-10-8-9-30(25(31)4)32-23-40(5)36(45)33(38-32)37-28-15-11-27(12-16-28)35(44)41-19-21-46-22-20-41/h8-18,23-24H,6-7,19-22H2,1-5H3,(H,37,38)(H,39,43). The van der Waals surface area contributed by atoms with Gasteiger partial charge < -0.3 is 29.7 Å². The maximum Gasteiger partial charge on any atom is 0.293 e. The Labute approximate surface area is 270 Å². The minimum Gasteiger partial charge on any atom is -0.378 e. The van der Waals surface area contributed by atoms with E-state index in [1.807, 2.05) is 49.4 Å². The minimum atomic E-state index is -0.294. The van der Waals surface area contributed by atoms with Gasteiger partial charge >= 0.3 is 0 Å². The minimum absolute atomic E-state index is 0.0462. The lowest BCUT2D eigenvalue weighted by atomic mass is 10.0. The fraction of sp³-hybridized carbons (Fsp3) is 0.333. The van der Waals surface area contributed by atoms with E-state index in [0.29, 0.717) is 60.5 Å². The predicted molar refractivity (Wildman–Crippen MR) is 183 cm³/mol.